The molecule has 0 spiro atoms. The highest BCUT2D eigenvalue weighted by atomic mass is 31.1. The van der Waals surface area contributed by atoms with Crippen molar-refractivity contribution in [3.05, 3.63) is 0 Å². The van der Waals surface area contributed by atoms with Crippen molar-refractivity contribution in [2.75, 3.05) is 18.9 Å². The van der Waals surface area contributed by atoms with Crippen molar-refractivity contribution in [2.45, 2.75) is 20.2 Å². The van der Waals surface area contributed by atoms with Crippen LogP contribution in [0.25, 0.3) is 0 Å². The smallest absolute Gasteiger partial charge is 0.114 e. The third kappa shape index (κ3) is 4.65. The van der Waals surface area contributed by atoms with E-state index in [9.17, 15) is 0 Å². The summed E-state index contributed by atoms with van der Waals surface area (Å²) in [4.78, 5) is 0. The molecule has 0 amide bonds. The molecule has 0 nitrogen and oxygen atoms in total. The highest BCUT2D eigenvalue weighted by Gasteiger charge is 1.94. The molecule has 0 aliphatic carbocycles. The zero-order valence-corrected chi connectivity index (χ0v) is 7.04. The summed E-state index contributed by atoms with van der Waals surface area (Å²) < 4.78 is 0. The van der Waals surface area contributed by atoms with Gasteiger partial charge in [-0.3, -0.25) is 0 Å². The van der Waals surface area contributed by atoms with E-state index in [1.165, 1.54) is 18.5 Å². The quantitative estimate of drug-likeness (QED) is 0.403. The summed E-state index contributed by atoms with van der Waals surface area (Å²) in [6.07, 6.45) is 2.62. The monoisotopic (exact) mass is 129 g/mol. The maximum absolute atomic E-state index is 2.38. The summed E-state index contributed by atoms with van der Waals surface area (Å²) in [5.74, 6) is 0. The van der Waals surface area contributed by atoms with Crippen LogP contribution in [0.5, 0.6) is 0 Å². The van der Waals surface area contributed by atoms with Crippen LogP contribution in [-0.2, 0) is 0 Å². The Kier molecular flexibility index (Phi) is 5.98. The Bertz CT molecular complexity index is 47.8. The van der Waals surface area contributed by atoms with Gasteiger partial charge in [0, 0.05) is 0 Å². The molecule has 1 radical (unpaired) electrons. The molecule has 0 bridgehead atoms. The van der Waals surface area contributed by atoms with Crippen LogP contribution < -0.4 is 0 Å². The summed E-state index contributed by atoms with van der Waals surface area (Å²) in [5.41, 5.74) is 0. The van der Waals surface area contributed by atoms with Gasteiger partial charge in [0.2, 0.25) is 0 Å². The Labute approximate surface area is 55.1 Å². The van der Waals surface area contributed by atoms with Crippen LogP contribution >= 0.6 is 7.92 Å². The molecule has 8 heavy (non-hydrogen) atoms. The zero-order valence-electron chi connectivity index (χ0n) is 6.15. The predicted octanol–water partition coefficient (Wildman–Crippen LogP) is 2.22. The van der Waals surface area contributed by atoms with E-state index in [1.54, 1.807) is 0 Å². The molecule has 47 valence electrons. The zero-order chi connectivity index (χ0) is 6.41. The SMILES string of the molecule is CC[B]CP(C)CC. The second kappa shape index (κ2) is 5.63. The molecule has 1 unspecified atom stereocenters. The Hall–Kier alpha value is 0.495. The van der Waals surface area contributed by atoms with Gasteiger partial charge in [0.1, 0.15) is 7.28 Å². The van der Waals surface area contributed by atoms with Crippen LogP contribution in [0.1, 0.15) is 13.8 Å². The molecule has 0 N–H and O–H groups in total. The third-order valence-corrected chi connectivity index (χ3v) is 3.23. The molecule has 0 heterocycles. The number of hydrogen-bond acceptors (Lipinski definition) is 0. The van der Waals surface area contributed by atoms with Crippen LogP contribution in [0.4, 0.5) is 0 Å². The van der Waals surface area contributed by atoms with Crippen molar-refractivity contribution in [1.29, 1.82) is 0 Å². The third-order valence-electron chi connectivity index (χ3n) is 1.27. The second-order valence-electron chi connectivity index (χ2n) is 2.05. The summed E-state index contributed by atoms with van der Waals surface area (Å²) >= 11 is 0. The van der Waals surface area contributed by atoms with E-state index in [2.05, 4.69) is 27.8 Å². The Balaban J connectivity index is 2.86. The Morgan fingerprint density at radius 1 is 1.38 bits per heavy atom. The van der Waals surface area contributed by atoms with E-state index in [1.807, 2.05) is 0 Å². The fraction of sp³-hybridized carbons (Fsp3) is 1.00. The van der Waals surface area contributed by atoms with Gasteiger partial charge in [0.15, 0.2) is 0 Å². The van der Waals surface area contributed by atoms with Crippen molar-refractivity contribution < 1.29 is 0 Å². The van der Waals surface area contributed by atoms with Gasteiger partial charge in [-0.25, -0.2) is 0 Å². The van der Waals surface area contributed by atoms with Crippen molar-refractivity contribution in [2.24, 2.45) is 0 Å². The maximum atomic E-state index is 2.38. The molecule has 0 aliphatic heterocycles. The Morgan fingerprint density at radius 3 is 2.38 bits per heavy atom. The van der Waals surface area contributed by atoms with E-state index in [0.29, 0.717) is 7.92 Å². The highest BCUT2D eigenvalue weighted by molar-refractivity contribution is 7.58. The second-order valence-corrected chi connectivity index (χ2v) is 4.76. The minimum Gasteiger partial charge on any atom is -0.118 e. The van der Waals surface area contributed by atoms with Gasteiger partial charge in [-0.2, -0.15) is 0 Å². The summed E-state index contributed by atoms with van der Waals surface area (Å²) in [5, 5.41) is 0. The van der Waals surface area contributed by atoms with Gasteiger partial charge >= 0.3 is 0 Å². The van der Waals surface area contributed by atoms with E-state index in [0.717, 1.165) is 0 Å². The molecular formula is C6H15BP. The normalized spacial score (nSPS) is 13.4. The summed E-state index contributed by atoms with van der Waals surface area (Å²) in [6.45, 7) is 6.84. The fourth-order valence-corrected chi connectivity index (χ4v) is 1.44. The predicted molar refractivity (Wildman–Crippen MR) is 44.5 cm³/mol. The topological polar surface area (TPSA) is 0 Å². The molecule has 2 heteroatoms. The highest BCUT2D eigenvalue weighted by Crippen LogP contribution is 2.27. The van der Waals surface area contributed by atoms with Crippen LogP contribution in [0.15, 0.2) is 0 Å². The molecule has 1 atom stereocenters. The van der Waals surface area contributed by atoms with E-state index >= 15 is 0 Å². The van der Waals surface area contributed by atoms with E-state index in [4.69, 9.17) is 0 Å². The first-order valence-corrected chi connectivity index (χ1v) is 5.47. The van der Waals surface area contributed by atoms with Gasteiger partial charge in [-0.15, -0.1) is 7.92 Å². The fourth-order valence-electron chi connectivity index (χ4n) is 0.479. The van der Waals surface area contributed by atoms with Gasteiger partial charge in [0.05, 0.1) is 0 Å². The van der Waals surface area contributed by atoms with Crippen LogP contribution in [0, 0.1) is 0 Å². The van der Waals surface area contributed by atoms with Crippen molar-refractivity contribution >= 4 is 15.2 Å². The first-order valence-electron chi connectivity index (χ1n) is 3.31. The standard InChI is InChI=1S/C6H15BP/c1-4-7-6-8(3)5-2/h4-6H2,1-3H3. The van der Waals surface area contributed by atoms with Gasteiger partial charge in [-0.05, 0) is 12.8 Å². The van der Waals surface area contributed by atoms with Gasteiger partial charge in [-0.1, -0.05) is 26.2 Å². The van der Waals surface area contributed by atoms with Crippen LogP contribution in [-0.4, -0.2) is 26.2 Å². The minimum absolute atomic E-state index is 0.360. The van der Waals surface area contributed by atoms with Gasteiger partial charge in [0.25, 0.3) is 0 Å². The Morgan fingerprint density at radius 2 is 2.00 bits per heavy atom. The molecule has 0 aromatic carbocycles. The average molecular weight is 129 g/mol. The lowest BCUT2D eigenvalue weighted by molar-refractivity contribution is 1.44. The molecule has 0 saturated carbocycles. The molecule has 0 rings (SSSR count). The first-order chi connectivity index (χ1) is 3.81. The lowest BCUT2D eigenvalue weighted by atomic mass is 9.79. The van der Waals surface area contributed by atoms with E-state index in [-0.39, 0.29) is 0 Å². The summed E-state index contributed by atoms with van der Waals surface area (Å²) in [6, 6.07) is 1.36. The number of rotatable bonds is 4. The molecule has 0 fully saturated rings. The average Bonchev–Trinajstić information content (AvgIpc) is 1.83. The molecular weight excluding hydrogens is 114 g/mol. The van der Waals surface area contributed by atoms with E-state index < -0.39 is 0 Å². The molecule has 0 aromatic heterocycles. The minimum atomic E-state index is 0.360. The van der Waals surface area contributed by atoms with Crippen molar-refractivity contribution in [3.63, 3.8) is 0 Å². The number of hydrogen-bond donors (Lipinski definition) is 0. The van der Waals surface area contributed by atoms with Crippen molar-refractivity contribution in [3.8, 4) is 0 Å². The van der Waals surface area contributed by atoms with Crippen LogP contribution in [0.2, 0.25) is 6.32 Å². The van der Waals surface area contributed by atoms with Crippen LogP contribution in [0.3, 0.4) is 0 Å². The molecule has 0 saturated heterocycles. The van der Waals surface area contributed by atoms with Crippen molar-refractivity contribution in [1.82, 2.24) is 0 Å². The lowest BCUT2D eigenvalue weighted by Crippen LogP contribution is -1.94. The van der Waals surface area contributed by atoms with Gasteiger partial charge < -0.3 is 0 Å². The summed E-state index contributed by atoms with van der Waals surface area (Å²) in [7, 11) is 2.74. The molecule has 0 aliphatic rings. The first kappa shape index (κ1) is 8.49. The lowest BCUT2D eigenvalue weighted by Gasteiger charge is -2.05. The largest absolute Gasteiger partial charge is 0.118 e. The molecule has 0 aromatic rings. The maximum Gasteiger partial charge on any atom is 0.114 e.